The number of nitrogens with zero attached hydrogens (tertiary/aromatic N) is 3. The molecule has 1 N–H and O–H groups in total. The van der Waals surface area contributed by atoms with Crippen LogP contribution in [0.4, 0.5) is 5.95 Å². The second-order valence-electron chi connectivity index (χ2n) is 3.41. The number of hydrogen-bond donors (Lipinski definition) is 1. The lowest BCUT2D eigenvalue weighted by Gasteiger charge is -2.06. The maximum absolute atomic E-state index is 12.0. The van der Waals surface area contributed by atoms with Gasteiger partial charge in [-0.25, -0.2) is 23.1 Å². The third-order valence-corrected chi connectivity index (χ3v) is 4.89. The predicted octanol–water partition coefficient (Wildman–Crippen LogP) is 1.70. The summed E-state index contributed by atoms with van der Waals surface area (Å²) in [7, 11) is -2.36. The SMILES string of the molecule is COc1cc(C)nc(NS(=O)(=O)c2cnc(Cl)s2)n1. The summed E-state index contributed by atoms with van der Waals surface area (Å²) in [5.74, 6) is 0.203. The van der Waals surface area contributed by atoms with Crippen LogP contribution in [-0.4, -0.2) is 30.5 Å². The molecule has 0 bridgehead atoms. The summed E-state index contributed by atoms with van der Waals surface area (Å²) in [4.78, 5) is 11.5. The number of methoxy groups -OCH3 is 1. The molecule has 0 aliphatic heterocycles. The van der Waals surface area contributed by atoms with Crippen LogP contribution in [0.5, 0.6) is 5.88 Å². The molecule has 2 aromatic heterocycles. The highest BCUT2D eigenvalue weighted by Gasteiger charge is 2.19. The van der Waals surface area contributed by atoms with Gasteiger partial charge in [-0.1, -0.05) is 22.9 Å². The number of aromatic nitrogens is 3. The molecule has 0 amide bonds. The van der Waals surface area contributed by atoms with E-state index < -0.39 is 10.0 Å². The van der Waals surface area contributed by atoms with Crippen LogP contribution in [0.3, 0.4) is 0 Å². The molecule has 0 aliphatic carbocycles. The number of anilines is 1. The van der Waals surface area contributed by atoms with Crippen molar-refractivity contribution in [2.45, 2.75) is 11.1 Å². The minimum Gasteiger partial charge on any atom is -0.481 e. The zero-order valence-electron chi connectivity index (χ0n) is 9.92. The standard InChI is InChI=1S/C9H9ClN4O3S2/c1-5-3-6(17-2)13-9(12-5)14-19(15,16)7-4-11-8(10)18-7/h3-4H,1-2H3,(H,12,13,14). The van der Waals surface area contributed by atoms with E-state index in [1.165, 1.54) is 13.3 Å². The zero-order valence-corrected chi connectivity index (χ0v) is 12.3. The number of nitrogens with one attached hydrogen (secondary N) is 1. The summed E-state index contributed by atoms with van der Waals surface area (Å²) >= 11 is 6.45. The van der Waals surface area contributed by atoms with Gasteiger partial charge in [0.05, 0.1) is 13.3 Å². The molecule has 0 aliphatic rings. The highest BCUT2D eigenvalue weighted by Crippen LogP contribution is 2.24. The van der Waals surface area contributed by atoms with E-state index in [2.05, 4.69) is 19.7 Å². The Kier molecular flexibility index (Phi) is 3.88. The number of sulfonamides is 1. The molecular weight excluding hydrogens is 312 g/mol. The molecule has 2 aromatic rings. The first-order valence-corrected chi connectivity index (χ1v) is 7.62. The van der Waals surface area contributed by atoms with Crippen LogP contribution in [0.15, 0.2) is 16.5 Å². The molecule has 0 fully saturated rings. The first kappa shape index (κ1) is 14.0. The molecule has 0 atom stereocenters. The van der Waals surface area contributed by atoms with Crippen LogP contribution in [-0.2, 0) is 10.0 Å². The minimum atomic E-state index is -3.79. The quantitative estimate of drug-likeness (QED) is 0.921. The lowest BCUT2D eigenvalue weighted by molar-refractivity contribution is 0.397. The normalized spacial score (nSPS) is 11.3. The Bertz CT molecular complexity index is 701. The number of thiazole rings is 1. The Balaban J connectivity index is 2.32. The van der Waals surface area contributed by atoms with Crippen LogP contribution in [0.1, 0.15) is 5.69 Å². The van der Waals surface area contributed by atoms with Gasteiger partial charge in [-0.2, -0.15) is 4.98 Å². The van der Waals surface area contributed by atoms with E-state index in [1.807, 2.05) is 0 Å². The molecule has 0 aromatic carbocycles. The largest absolute Gasteiger partial charge is 0.481 e. The lowest BCUT2D eigenvalue weighted by atomic mass is 10.4. The molecule has 0 radical (unpaired) electrons. The van der Waals surface area contributed by atoms with Gasteiger partial charge < -0.3 is 4.74 Å². The van der Waals surface area contributed by atoms with Crippen molar-refractivity contribution in [1.82, 2.24) is 15.0 Å². The fourth-order valence-corrected chi connectivity index (χ4v) is 3.46. The maximum Gasteiger partial charge on any atom is 0.275 e. The summed E-state index contributed by atoms with van der Waals surface area (Å²) in [5.41, 5.74) is 0.576. The van der Waals surface area contributed by atoms with E-state index in [-0.39, 0.29) is 20.5 Å². The summed E-state index contributed by atoms with van der Waals surface area (Å²) in [5, 5.41) is 0. The second-order valence-corrected chi connectivity index (χ2v) is 6.94. The summed E-state index contributed by atoms with van der Waals surface area (Å²) in [6.45, 7) is 1.70. The van der Waals surface area contributed by atoms with E-state index in [0.717, 1.165) is 11.3 Å². The van der Waals surface area contributed by atoms with Gasteiger partial charge in [0.2, 0.25) is 11.8 Å². The molecular formula is C9H9ClN4O3S2. The average Bonchev–Trinajstić information content (AvgIpc) is 2.75. The van der Waals surface area contributed by atoms with Gasteiger partial charge in [-0.15, -0.1) is 0 Å². The Morgan fingerprint density at radius 1 is 1.42 bits per heavy atom. The number of ether oxygens (including phenoxy) is 1. The molecule has 7 nitrogen and oxygen atoms in total. The summed E-state index contributed by atoms with van der Waals surface area (Å²) in [6.07, 6.45) is 1.17. The van der Waals surface area contributed by atoms with Crippen LogP contribution >= 0.6 is 22.9 Å². The third-order valence-electron chi connectivity index (χ3n) is 1.99. The number of hydrogen-bond acceptors (Lipinski definition) is 7. The van der Waals surface area contributed by atoms with Crippen LogP contribution in [0, 0.1) is 6.92 Å². The van der Waals surface area contributed by atoms with E-state index in [4.69, 9.17) is 16.3 Å². The molecule has 10 heteroatoms. The summed E-state index contributed by atoms with van der Waals surface area (Å²) < 4.78 is 31.3. The van der Waals surface area contributed by atoms with Crippen molar-refractivity contribution >= 4 is 38.9 Å². The van der Waals surface area contributed by atoms with E-state index in [9.17, 15) is 8.42 Å². The highest BCUT2D eigenvalue weighted by molar-refractivity contribution is 7.94. The second kappa shape index (κ2) is 5.27. The van der Waals surface area contributed by atoms with Gasteiger partial charge in [-0.3, -0.25) is 0 Å². The molecule has 0 saturated heterocycles. The Labute approximate surface area is 118 Å². The van der Waals surface area contributed by atoms with Gasteiger partial charge in [0, 0.05) is 11.8 Å². The third kappa shape index (κ3) is 3.31. The van der Waals surface area contributed by atoms with Gasteiger partial charge in [-0.05, 0) is 6.92 Å². The van der Waals surface area contributed by atoms with Crippen molar-refractivity contribution < 1.29 is 13.2 Å². The Morgan fingerprint density at radius 3 is 2.74 bits per heavy atom. The Hall–Kier alpha value is -1.45. The molecule has 19 heavy (non-hydrogen) atoms. The predicted molar refractivity (Wildman–Crippen MR) is 71.3 cm³/mol. The number of aryl methyl sites for hydroxylation is 1. The van der Waals surface area contributed by atoms with Crippen LogP contribution in [0.25, 0.3) is 0 Å². The van der Waals surface area contributed by atoms with Crippen molar-refractivity contribution in [3.05, 3.63) is 22.4 Å². The van der Waals surface area contributed by atoms with Crippen LogP contribution in [0.2, 0.25) is 4.47 Å². The first-order valence-electron chi connectivity index (χ1n) is 4.94. The van der Waals surface area contributed by atoms with Gasteiger partial charge in [0.1, 0.15) is 0 Å². The van der Waals surface area contributed by atoms with Gasteiger partial charge in [0.25, 0.3) is 10.0 Å². The van der Waals surface area contributed by atoms with Gasteiger partial charge in [0.15, 0.2) is 8.68 Å². The average molecular weight is 321 g/mol. The fraction of sp³-hybridized carbons (Fsp3) is 0.222. The molecule has 2 heterocycles. The minimum absolute atomic E-state index is 0.0124. The lowest BCUT2D eigenvalue weighted by Crippen LogP contribution is -2.14. The number of rotatable bonds is 4. The zero-order chi connectivity index (χ0) is 14.0. The first-order chi connectivity index (χ1) is 8.90. The topological polar surface area (TPSA) is 94.1 Å². The summed E-state index contributed by atoms with van der Waals surface area (Å²) in [6, 6.07) is 1.58. The molecule has 0 saturated carbocycles. The Morgan fingerprint density at radius 2 is 2.16 bits per heavy atom. The number of halogens is 1. The van der Waals surface area contributed by atoms with Crippen molar-refractivity contribution in [1.29, 1.82) is 0 Å². The van der Waals surface area contributed by atoms with Gasteiger partial charge >= 0.3 is 0 Å². The smallest absolute Gasteiger partial charge is 0.275 e. The maximum atomic E-state index is 12.0. The molecule has 0 unspecified atom stereocenters. The fourth-order valence-electron chi connectivity index (χ4n) is 1.22. The monoisotopic (exact) mass is 320 g/mol. The van der Waals surface area contributed by atoms with Crippen molar-refractivity contribution in [2.24, 2.45) is 0 Å². The highest BCUT2D eigenvalue weighted by atomic mass is 35.5. The van der Waals surface area contributed by atoms with Crippen LogP contribution < -0.4 is 9.46 Å². The van der Waals surface area contributed by atoms with Crippen molar-refractivity contribution in [2.75, 3.05) is 11.8 Å². The molecule has 102 valence electrons. The van der Waals surface area contributed by atoms with Crippen molar-refractivity contribution in [3.8, 4) is 5.88 Å². The molecule has 0 spiro atoms. The van der Waals surface area contributed by atoms with E-state index >= 15 is 0 Å². The van der Waals surface area contributed by atoms with E-state index in [0.29, 0.717) is 5.69 Å². The van der Waals surface area contributed by atoms with E-state index in [1.54, 1.807) is 13.0 Å². The molecule has 2 rings (SSSR count). The van der Waals surface area contributed by atoms with Crippen molar-refractivity contribution in [3.63, 3.8) is 0 Å².